The molecule has 0 aromatic rings. The lowest BCUT2D eigenvalue weighted by atomic mass is 9.97. The van der Waals surface area contributed by atoms with Gasteiger partial charge in [0.1, 0.15) is 6.04 Å². The maximum Gasteiger partial charge on any atom is 0.326 e. The Balaban J connectivity index is 2.66. The zero-order chi connectivity index (χ0) is 14.6. The molecule has 0 aromatic heterocycles. The first-order chi connectivity index (χ1) is 8.88. The van der Waals surface area contributed by atoms with Gasteiger partial charge in [-0.25, -0.2) is 9.59 Å². The van der Waals surface area contributed by atoms with E-state index in [1.54, 1.807) is 11.9 Å². The Morgan fingerprint density at radius 1 is 1.42 bits per heavy atom. The molecule has 7 heteroatoms. The molecule has 0 aliphatic carbocycles. The Bertz CT molecular complexity index is 372. The van der Waals surface area contributed by atoms with E-state index in [9.17, 15) is 14.4 Å². The monoisotopic (exact) mass is 271 g/mol. The number of carboxylic acid groups (broad SMARTS) is 1. The van der Waals surface area contributed by atoms with E-state index in [0.29, 0.717) is 13.1 Å². The van der Waals surface area contributed by atoms with Crippen molar-refractivity contribution in [1.29, 1.82) is 0 Å². The van der Waals surface area contributed by atoms with Crippen LogP contribution in [-0.2, 0) is 9.59 Å². The van der Waals surface area contributed by atoms with E-state index in [-0.39, 0.29) is 17.9 Å². The van der Waals surface area contributed by atoms with E-state index in [0.717, 1.165) is 12.8 Å². The van der Waals surface area contributed by atoms with Crippen LogP contribution >= 0.6 is 0 Å². The van der Waals surface area contributed by atoms with Gasteiger partial charge in [-0.1, -0.05) is 0 Å². The van der Waals surface area contributed by atoms with E-state index in [1.807, 2.05) is 0 Å². The van der Waals surface area contributed by atoms with Gasteiger partial charge >= 0.3 is 12.0 Å². The van der Waals surface area contributed by atoms with Crippen molar-refractivity contribution in [2.24, 2.45) is 5.92 Å². The first kappa shape index (κ1) is 15.3. The second-order valence-corrected chi connectivity index (χ2v) is 4.81. The number of carbonyl (C=O) groups is 3. The van der Waals surface area contributed by atoms with Gasteiger partial charge in [0, 0.05) is 27.2 Å². The van der Waals surface area contributed by atoms with Crippen LogP contribution in [-0.4, -0.2) is 66.0 Å². The molecule has 1 heterocycles. The number of urea groups is 1. The van der Waals surface area contributed by atoms with Crippen molar-refractivity contribution in [3.63, 3.8) is 0 Å². The number of likely N-dealkylation sites (N-methyl/N-ethyl adjacent to an activating group) is 1. The van der Waals surface area contributed by atoms with Crippen LogP contribution in [0.5, 0.6) is 0 Å². The van der Waals surface area contributed by atoms with Gasteiger partial charge < -0.3 is 20.2 Å². The van der Waals surface area contributed by atoms with Crippen LogP contribution in [0, 0.1) is 5.92 Å². The standard InChI is InChI=1S/C12H21N3O4/c1-8(11(17)18)14(3)12(19)15-6-4-5-9(7-15)10(16)13-2/h8-9H,4-7H2,1-3H3,(H,13,16)(H,17,18). The van der Waals surface area contributed by atoms with Gasteiger partial charge in [-0.05, 0) is 19.8 Å². The number of likely N-dealkylation sites (tertiary alicyclic amines) is 1. The van der Waals surface area contributed by atoms with Crippen LogP contribution in [0.3, 0.4) is 0 Å². The number of aliphatic carboxylic acids is 1. The molecular weight excluding hydrogens is 250 g/mol. The van der Waals surface area contributed by atoms with Crippen LogP contribution in [0.1, 0.15) is 19.8 Å². The average Bonchev–Trinajstić information content (AvgIpc) is 2.43. The van der Waals surface area contributed by atoms with Crippen LogP contribution in [0.15, 0.2) is 0 Å². The molecule has 1 aliphatic heterocycles. The van der Waals surface area contributed by atoms with E-state index in [2.05, 4.69) is 5.32 Å². The minimum absolute atomic E-state index is 0.0774. The highest BCUT2D eigenvalue weighted by Crippen LogP contribution is 2.18. The molecule has 19 heavy (non-hydrogen) atoms. The molecule has 0 aromatic carbocycles. The van der Waals surface area contributed by atoms with Gasteiger partial charge in [-0.15, -0.1) is 0 Å². The molecular formula is C12H21N3O4. The molecule has 0 radical (unpaired) electrons. The lowest BCUT2D eigenvalue weighted by Crippen LogP contribution is -2.52. The average molecular weight is 271 g/mol. The zero-order valence-corrected chi connectivity index (χ0v) is 11.5. The molecule has 3 amide bonds. The maximum absolute atomic E-state index is 12.2. The predicted octanol–water partition coefficient (Wildman–Crippen LogP) is -0.0307. The second kappa shape index (κ2) is 6.40. The van der Waals surface area contributed by atoms with Crippen molar-refractivity contribution in [2.75, 3.05) is 27.2 Å². The summed E-state index contributed by atoms with van der Waals surface area (Å²) in [6.07, 6.45) is 1.50. The van der Waals surface area contributed by atoms with Crippen LogP contribution in [0.4, 0.5) is 4.79 Å². The highest BCUT2D eigenvalue weighted by molar-refractivity contribution is 5.83. The Labute approximate surface area is 112 Å². The summed E-state index contributed by atoms with van der Waals surface area (Å²) in [5, 5.41) is 11.5. The molecule has 0 spiro atoms. The fourth-order valence-corrected chi connectivity index (χ4v) is 2.12. The Morgan fingerprint density at radius 3 is 2.58 bits per heavy atom. The molecule has 2 unspecified atom stereocenters. The Morgan fingerprint density at radius 2 is 2.05 bits per heavy atom. The number of amides is 3. The SMILES string of the molecule is CNC(=O)C1CCCN(C(=O)N(C)C(C)C(=O)O)C1. The highest BCUT2D eigenvalue weighted by Gasteiger charge is 2.31. The largest absolute Gasteiger partial charge is 0.480 e. The number of hydrogen-bond acceptors (Lipinski definition) is 3. The molecule has 7 nitrogen and oxygen atoms in total. The molecule has 1 rings (SSSR count). The van der Waals surface area contributed by atoms with Crippen molar-refractivity contribution in [2.45, 2.75) is 25.8 Å². The molecule has 1 aliphatic rings. The molecule has 1 fully saturated rings. The first-order valence-electron chi connectivity index (χ1n) is 6.34. The summed E-state index contributed by atoms with van der Waals surface area (Å²) in [5.74, 6) is -1.33. The summed E-state index contributed by atoms with van der Waals surface area (Å²) >= 11 is 0. The number of rotatable bonds is 3. The molecule has 1 saturated heterocycles. The van der Waals surface area contributed by atoms with Crippen molar-refractivity contribution in [3.8, 4) is 0 Å². The second-order valence-electron chi connectivity index (χ2n) is 4.81. The summed E-state index contributed by atoms with van der Waals surface area (Å²) in [4.78, 5) is 37.4. The van der Waals surface area contributed by atoms with E-state index in [4.69, 9.17) is 5.11 Å². The van der Waals surface area contributed by atoms with Gasteiger partial charge in [-0.2, -0.15) is 0 Å². The summed E-state index contributed by atoms with van der Waals surface area (Å²) in [7, 11) is 3.03. The van der Waals surface area contributed by atoms with Crippen molar-refractivity contribution in [1.82, 2.24) is 15.1 Å². The maximum atomic E-state index is 12.2. The number of nitrogens with one attached hydrogen (secondary N) is 1. The topological polar surface area (TPSA) is 90.0 Å². The number of piperidine rings is 1. The van der Waals surface area contributed by atoms with Gasteiger partial charge in [0.25, 0.3) is 0 Å². The van der Waals surface area contributed by atoms with Crippen LogP contribution in [0.2, 0.25) is 0 Å². The summed E-state index contributed by atoms with van der Waals surface area (Å²) in [5.41, 5.74) is 0. The quantitative estimate of drug-likeness (QED) is 0.754. The number of nitrogens with zero attached hydrogens (tertiary/aromatic N) is 2. The molecule has 0 bridgehead atoms. The third kappa shape index (κ3) is 3.59. The summed E-state index contributed by atoms with van der Waals surface area (Å²) in [6.45, 7) is 2.36. The highest BCUT2D eigenvalue weighted by atomic mass is 16.4. The lowest BCUT2D eigenvalue weighted by molar-refractivity contribution is -0.141. The van der Waals surface area contributed by atoms with Gasteiger partial charge in [0.15, 0.2) is 0 Å². The van der Waals surface area contributed by atoms with E-state index < -0.39 is 12.0 Å². The van der Waals surface area contributed by atoms with Crippen molar-refractivity contribution < 1.29 is 19.5 Å². The van der Waals surface area contributed by atoms with Crippen LogP contribution in [0.25, 0.3) is 0 Å². The van der Waals surface area contributed by atoms with Gasteiger partial charge in [0.2, 0.25) is 5.91 Å². The smallest absolute Gasteiger partial charge is 0.326 e. The fraction of sp³-hybridized carbons (Fsp3) is 0.750. The van der Waals surface area contributed by atoms with Crippen LogP contribution < -0.4 is 5.32 Å². The number of carboxylic acids is 1. The van der Waals surface area contributed by atoms with E-state index in [1.165, 1.54) is 18.9 Å². The third-order valence-corrected chi connectivity index (χ3v) is 3.55. The molecule has 0 saturated carbocycles. The molecule has 108 valence electrons. The van der Waals surface area contributed by atoms with Gasteiger partial charge in [0.05, 0.1) is 5.92 Å². The minimum atomic E-state index is -1.05. The molecule has 2 N–H and O–H groups in total. The van der Waals surface area contributed by atoms with Crippen molar-refractivity contribution >= 4 is 17.9 Å². The van der Waals surface area contributed by atoms with Crippen molar-refractivity contribution in [3.05, 3.63) is 0 Å². The first-order valence-corrected chi connectivity index (χ1v) is 6.34. The normalized spacial score (nSPS) is 20.6. The Kier molecular flexibility index (Phi) is 5.14. The number of hydrogen-bond donors (Lipinski definition) is 2. The predicted molar refractivity (Wildman–Crippen MR) is 68.6 cm³/mol. The lowest BCUT2D eigenvalue weighted by Gasteiger charge is -2.35. The van der Waals surface area contributed by atoms with E-state index >= 15 is 0 Å². The number of carbonyl (C=O) groups excluding carboxylic acids is 2. The molecule has 2 atom stereocenters. The van der Waals surface area contributed by atoms with Gasteiger partial charge in [-0.3, -0.25) is 4.79 Å². The fourth-order valence-electron chi connectivity index (χ4n) is 2.12. The Hall–Kier alpha value is -1.79. The third-order valence-electron chi connectivity index (χ3n) is 3.55. The zero-order valence-electron chi connectivity index (χ0n) is 11.5. The summed E-state index contributed by atoms with van der Waals surface area (Å²) < 4.78 is 0. The summed E-state index contributed by atoms with van der Waals surface area (Å²) in [6, 6.07) is -1.23. The minimum Gasteiger partial charge on any atom is -0.480 e.